The quantitative estimate of drug-likeness (QED) is 0.139. The summed E-state index contributed by atoms with van der Waals surface area (Å²) in [4.78, 5) is 4.65. The van der Waals surface area contributed by atoms with Gasteiger partial charge in [0.15, 0.2) is 0 Å². The molecule has 0 spiro atoms. The largest absolute Gasteiger partial charge is 0.311 e. The Morgan fingerprint density at radius 2 is 0.574 bits per heavy atom. The summed E-state index contributed by atoms with van der Waals surface area (Å²) < 4.78 is 0. The first kappa shape index (κ1) is 32.7. The second-order valence-corrected chi connectivity index (χ2v) is 13.5. The van der Waals surface area contributed by atoms with Crippen LogP contribution in [-0.2, 0) is 0 Å². The van der Waals surface area contributed by atoms with Crippen LogP contribution in [0.15, 0.2) is 218 Å². The van der Waals surface area contributed by atoms with Gasteiger partial charge in [0.25, 0.3) is 0 Å². The fourth-order valence-corrected chi connectivity index (χ4v) is 7.20. The van der Waals surface area contributed by atoms with E-state index in [1.165, 1.54) is 32.7 Å². The highest BCUT2D eigenvalue weighted by Gasteiger charge is 2.15. The Labute approximate surface area is 317 Å². The van der Waals surface area contributed by atoms with Crippen molar-refractivity contribution in [1.29, 1.82) is 0 Å². The SMILES string of the molecule is C(=Cc1ccc(N(c2ccc3ccccc3c2)c2ccc3ccccc3c2)cc1)c1ccc(N(c2ccccc2)c2ccc(-c3ccccc3)cc2)cc1. The molecule has 0 aliphatic carbocycles. The van der Waals surface area contributed by atoms with Gasteiger partial charge in [-0.3, -0.25) is 0 Å². The summed E-state index contributed by atoms with van der Waals surface area (Å²) in [5.41, 5.74) is 11.4. The molecule has 54 heavy (non-hydrogen) atoms. The van der Waals surface area contributed by atoms with E-state index in [2.05, 4.69) is 240 Å². The zero-order valence-corrected chi connectivity index (χ0v) is 29.8. The molecule has 0 bridgehead atoms. The van der Waals surface area contributed by atoms with Crippen LogP contribution in [0.3, 0.4) is 0 Å². The third-order valence-electron chi connectivity index (χ3n) is 10.0. The molecule has 2 heteroatoms. The first-order valence-corrected chi connectivity index (χ1v) is 18.4. The molecule has 2 nitrogen and oxygen atoms in total. The Kier molecular flexibility index (Phi) is 8.99. The highest BCUT2D eigenvalue weighted by Crippen LogP contribution is 2.38. The number of benzene rings is 9. The Morgan fingerprint density at radius 3 is 1.06 bits per heavy atom. The molecule has 0 fully saturated rings. The molecule has 0 saturated carbocycles. The molecule has 0 saturated heterocycles. The van der Waals surface area contributed by atoms with Gasteiger partial charge in [-0.2, -0.15) is 0 Å². The van der Waals surface area contributed by atoms with E-state index in [-0.39, 0.29) is 0 Å². The second kappa shape index (κ2) is 14.8. The molecule has 0 amide bonds. The van der Waals surface area contributed by atoms with Gasteiger partial charge in [0.05, 0.1) is 0 Å². The molecule has 0 heterocycles. The highest BCUT2D eigenvalue weighted by molar-refractivity contribution is 5.92. The van der Waals surface area contributed by atoms with Crippen molar-refractivity contribution in [1.82, 2.24) is 0 Å². The molecule has 0 radical (unpaired) electrons. The maximum atomic E-state index is 2.35. The van der Waals surface area contributed by atoms with E-state index < -0.39 is 0 Å². The lowest BCUT2D eigenvalue weighted by molar-refractivity contribution is 1.28. The van der Waals surface area contributed by atoms with Crippen LogP contribution in [0.25, 0.3) is 44.8 Å². The first-order valence-electron chi connectivity index (χ1n) is 18.4. The van der Waals surface area contributed by atoms with Gasteiger partial charge in [0, 0.05) is 34.1 Å². The van der Waals surface area contributed by atoms with Crippen molar-refractivity contribution in [2.45, 2.75) is 0 Å². The summed E-state index contributed by atoms with van der Waals surface area (Å²) >= 11 is 0. The summed E-state index contributed by atoms with van der Waals surface area (Å²) in [5, 5.41) is 4.91. The van der Waals surface area contributed by atoms with Crippen LogP contribution in [0.4, 0.5) is 34.1 Å². The maximum Gasteiger partial charge on any atom is 0.0468 e. The number of rotatable bonds is 9. The molecule has 0 N–H and O–H groups in total. The Balaban J connectivity index is 0.982. The van der Waals surface area contributed by atoms with Crippen molar-refractivity contribution >= 4 is 67.8 Å². The van der Waals surface area contributed by atoms with Crippen LogP contribution in [0.2, 0.25) is 0 Å². The van der Waals surface area contributed by atoms with Crippen LogP contribution in [0, 0.1) is 0 Å². The van der Waals surface area contributed by atoms with Gasteiger partial charge in [0.2, 0.25) is 0 Å². The van der Waals surface area contributed by atoms with E-state index in [1.54, 1.807) is 0 Å². The molecule has 0 atom stereocenters. The van der Waals surface area contributed by atoms with E-state index >= 15 is 0 Å². The minimum Gasteiger partial charge on any atom is -0.311 e. The second-order valence-electron chi connectivity index (χ2n) is 13.5. The van der Waals surface area contributed by atoms with E-state index in [9.17, 15) is 0 Å². The maximum absolute atomic E-state index is 2.35. The van der Waals surface area contributed by atoms with Crippen LogP contribution >= 0.6 is 0 Å². The minimum absolute atomic E-state index is 1.11. The van der Waals surface area contributed by atoms with Gasteiger partial charge in [0.1, 0.15) is 0 Å². The van der Waals surface area contributed by atoms with Crippen molar-refractivity contribution in [3.8, 4) is 11.1 Å². The molecule has 0 aromatic heterocycles. The smallest absolute Gasteiger partial charge is 0.0468 e. The van der Waals surface area contributed by atoms with E-state index in [0.29, 0.717) is 0 Å². The standard InChI is InChI=1S/C52H38N2/c1-3-11-41(12-4-1)44-25-33-50(34-26-44)53(47-17-5-2-6-18-47)48-29-21-39(22-30-48)19-20-40-23-31-49(32-24-40)54(51-35-27-42-13-7-9-15-45(42)37-51)52-36-28-43-14-8-10-16-46(43)38-52/h1-38H. The minimum atomic E-state index is 1.11. The average molecular weight is 691 g/mol. The van der Waals surface area contributed by atoms with Crippen molar-refractivity contribution < 1.29 is 0 Å². The number of hydrogen-bond acceptors (Lipinski definition) is 2. The number of fused-ring (bicyclic) bond motifs is 2. The van der Waals surface area contributed by atoms with Crippen LogP contribution in [0.5, 0.6) is 0 Å². The number of para-hydroxylation sites is 1. The topological polar surface area (TPSA) is 6.48 Å². The van der Waals surface area contributed by atoms with Crippen molar-refractivity contribution in [3.63, 3.8) is 0 Å². The lowest BCUT2D eigenvalue weighted by atomic mass is 10.0. The summed E-state index contributed by atoms with van der Waals surface area (Å²) in [7, 11) is 0. The molecule has 9 aromatic carbocycles. The van der Waals surface area contributed by atoms with Crippen LogP contribution < -0.4 is 9.80 Å². The van der Waals surface area contributed by atoms with Gasteiger partial charge >= 0.3 is 0 Å². The first-order chi connectivity index (χ1) is 26.7. The summed E-state index contributed by atoms with van der Waals surface area (Å²) in [5.74, 6) is 0. The monoisotopic (exact) mass is 690 g/mol. The van der Waals surface area contributed by atoms with Crippen molar-refractivity contribution in [2.75, 3.05) is 9.80 Å². The third kappa shape index (κ3) is 6.89. The molecule has 0 unspecified atom stereocenters. The van der Waals surface area contributed by atoms with Gasteiger partial charge < -0.3 is 9.80 Å². The summed E-state index contributed by atoms with van der Waals surface area (Å²) in [6, 6.07) is 78.0. The third-order valence-corrected chi connectivity index (χ3v) is 10.0. The average Bonchev–Trinajstić information content (AvgIpc) is 3.25. The van der Waals surface area contributed by atoms with Crippen molar-refractivity contribution in [3.05, 3.63) is 230 Å². The van der Waals surface area contributed by atoms with Crippen LogP contribution in [-0.4, -0.2) is 0 Å². The lowest BCUT2D eigenvalue weighted by Gasteiger charge is -2.26. The molecular formula is C52H38N2. The normalized spacial score (nSPS) is 11.3. The molecule has 0 aliphatic rings. The van der Waals surface area contributed by atoms with E-state index in [0.717, 1.165) is 45.3 Å². The predicted molar refractivity (Wildman–Crippen MR) is 232 cm³/mol. The Bertz CT molecular complexity index is 2600. The summed E-state index contributed by atoms with van der Waals surface area (Å²) in [6.07, 6.45) is 4.37. The zero-order chi connectivity index (χ0) is 36.1. The molecular weight excluding hydrogens is 653 g/mol. The lowest BCUT2D eigenvalue weighted by Crippen LogP contribution is -2.09. The molecule has 9 aromatic rings. The number of nitrogens with zero attached hydrogens (tertiary/aromatic N) is 2. The zero-order valence-electron chi connectivity index (χ0n) is 29.8. The Hall–Kier alpha value is -7.16. The molecule has 0 aliphatic heterocycles. The van der Waals surface area contributed by atoms with Crippen molar-refractivity contribution in [2.24, 2.45) is 0 Å². The van der Waals surface area contributed by atoms with Gasteiger partial charge in [-0.15, -0.1) is 0 Å². The van der Waals surface area contributed by atoms with Gasteiger partial charge in [-0.1, -0.05) is 158 Å². The van der Waals surface area contributed by atoms with Gasteiger partial charge in [-0.05, 0) is 117 Å². The predicted octanol–water partition coefficient (Wildman–Crippen LogP) is 14.8. The van der Waals surface area contributed by atoms with E-state index in [4.69, 9.17) is 0 Å². The molecule has 256 valence electrons. The van der Waals surface area contributed by atoms with E-state index in [1.807, 2.05) is 0 Å². The summed E-state index contributed by atoms with van der Waals surface area (Å²) in [6.45, 7) is 0. The number of hydrogen-bond donors (Lipinski definition) is 0. The fourth-order valence-electron chi connectivity index (χ4n) is 7.20. The highest BCUT2D eigenvalue weighted by atomic mass is 15.1. The number of anilines is 6. The van der Waals surface area contributed by atoms with Gasteiger partial charge in [-0.25, -0.2) is 0 Å². The fraction of sp³-hybridized carbons (Fsp3) is 0. The Morgan fingerprint density at radius 1 is 0.241 bits per heavy atom. The van der Waals surface area contributed by atoms with Crippen LogP contribution in [0.1, 0.15) is 11.1 Å². The molecule has 9 rings (SSSR count).